The highest BCUT2D eigenvalue weighted by atomic mass is 79.9. The Bertz CT molecular complexity index is 554. The first-order valence-electron chi connectivity index (χ1n) is 5.54. The van der Waals surface area contributed by atoms with E-state index < -0.39 is 0 Å². The van der Waals surface area contributed by atoms with Crippen molar-refractivity contribution in [3.8, 4) is 0 Å². The standard InChI is InChI=1S/C13H12BrNO/c14-9-3-4-12-10(6-9)11(7-15-12)13(16)5-8-1-2-8/h3-4,6-8,15H,1-2,5H2. The van der Waals surface area contributed by atoms with Gasteiger partial charge < -0.3 is 4.98 Å². The van der Waals surface area contributed by atoms with Crippen molar-refractivity contribution in [3.05, 3.63) is 34.4 Å². The zero-order valence-electron chi connectivity index (χ0n) is 8.79. The largest absolute Gasteiger partial charge is 0.360 e. The molecule has 0 aliphatic heterocycles. The van der Waals surface area contributed by atoms with Crippen LogP contribution in [-0.4, -0.2) is 10.8 Å². The number of benzene rings is 1. The van der Waals surface area contributed by atoms with Crippen molar-refractivity contribution in [2.24, 2.45) is 5.92 Å². The lowest BCUT2D eigenvalue weighted by atomic mass is 10.1. The molecule has 3 rings (SSSR count). The van der Waals surface area contributed by atoms with Crippen LogP contribution in [-0.2, 0) is 0 Å². The number of halogens is 1. The Balaban J connectivity index is 2.01. The summed E-state index contributed by atoms with van der Waals surface area (Å²) >= 11 is 3.44. The molecule has 0 radical (unpaired) electrons. The maximum absolute atomic E-state index is 12.0. The number of carbonyl (C=O) groups excluding carboxylic acids is 1. The fraction of sp³-hybridized carbons (Fsp3) is 0.308. The third-order valence-corrected chi connectivity index (χ3v) is 3.61. The van der Waals surface area contributed by atoms with Crippen LogP contribution in [0.4, 0.5) is 0 Å². The Morgan fingerprint density at radius 1 is 1.44 bits per heavy atom. The molecule has 0 unspecified atom stereocenters. The van der Waals surface area contributed by atoms with Gasteiger partial charge in [0, 0.05) is 33.6 Å². The Hall–Kier alpha value is -1.09. The summed E-state index contributed by atoms with van der Waals surface area (Å²) < 4.78 is 1.01. The molecule has 1 aliphatic rings. The molecule has 0 amide bonds. The van der Waals surface area contributed by atoms with Gasteiger partial charge in [0.25, 0.3) is 0 Å². The average molecular weight is 278 g/mol. The Morgan fingerprint density at radius 3 is 3.00 bits per heavy atom. The lowest BCUT2D eigenvalue weighted by Gasteiger charge is -1.98. The zero-order chi connectivity index (χ0) is 11.1. The number of carbonyl (C=O) groups is 1. The zero-order valence-corrected chi connectivity index (χ0v) is 10.4. The summed E-state index contributed by atoms with van der Waals surface area (Å²) in [6.07, 6.45) is 4.98. The topological polar surface area (TPSA) is 32.9 Å². The van der Waals surface area contributed by atoms with Crippen molar-refractivity contribution >= 4 is 32.6 Å². The molecule has 1 aromatic carbocycles. The summed E-state index contributed by atoms with van der Waals surface area (Å²) in [5.74, 6) is 0.913. The van der Waals surface area contributed by atoms with Crippen LogP contribution in [0.15, 0.2) is 28.9 Å². The quantitative estimate of drug-likeness (QED) is 0.848. The molecule has 2 nitrogen and oxygen atoms in total. The van der Waals surface area contributed by atoms with E-state index in [2.05, 4.69) is 20.9 Å². The SMILES string of the molecule is O=C(CC1CC1)c1c[nH]c2ccc(Br)cc12. The molecule has 0 bridgehead atoms. The highest BCUT2D eigenvalue weighted by Gasteiger charge is 2.25. The number of hydrogen-bond acceptors (Lipinski definition) is 1. The van der Waals surface area contributed by atoms with Crippen LogP contribution in [0, 0.1) is 5.92 Å². The van der Waals surface area contributed by atoms with Gasteiger partial charge in [-0.3, -0.25) is 4.79 Å². The molecule has 1 aromatic heterocycles. The second-order valence-corrected chi connectivity index (χ2v) is 5.38. The number of H-pyrrole nitrogens is 1. The number of rotatable bonds is 3. The van der Waals surface area contributed by atoms with Crippen molar-refractivity contribution < 1.29 is 4.79 Å². The van der Waals surface area contributed by atoms with E-state index in [4.69, 9.17) is 0 Å². The number of Topliss-reactive ketones (excluding diaryl/α,β-unsaturated/α-hetero) is 1. The second kappa shape index (κ2) is 3.74. The number of nitrogens with one attached hydrogen (secondary N) is 1. The smallest absolute Gasteiger partial charge is 0.165 e. The molecule has 3 heteroatoms. The van der Waals surface area contributed by atoms with Crippen LogP contribution in [0.25, 0.3) is 10.9 Å². The third kappa shape index (κ3) is 1.80. The van der Waals surface area contributed by atoms with Gasteiger partial charge in [0.05, 0.1) is 0 Å². The Morgan fingerprint density at radius 2 is 2.25 bits per heavy atom. The van der Waals surface area contributed by atoms with Crippen LogP contribution in [0.2, 0.25) is 0 Å². The predicted octanol–water partition coefficient (Wildman–Crippen LogP) is 3.91. The number of aromatic nitrogens is 1. The molecule has 82 valence electrons. The van der Waals surface area contributed by atoms with Gasteiger partial charge in [-0.15, -0.1) is 0 Å². The molecule has 2 aromatic rings. The van der Waals surface area contributed by atoms with E-state index in [9.17, 15) is 4.79 Å². The first kappa shape index (κ1) is 10.1. The van der Waals surface area contributed by atoms with E-state index in [1.54, 1.807) is 0 Å². The maximum Gasteiger partial charge on any atom is 0.165 e. The van der Waals surface area contributed by atoms with Gasteiger partial charge >= 0.3 is 0 Å². The summed E-state index contributed by atoms with van der Waals surface area (Å²) in [4.78, 5) is 15.2. The summed E-state index contributed by atoms with van der Waals surface area (Å²) in [6, 6.07) is 5.98. The van der Waals surface area contributed by atoms with Crippen LogP contribution in [0.5, 0.6) is 0 Å². The maximum atomic E-state index is 12.0. The highest BCUT2D eigenvalue weighted by Crippen LogP contribution is 2.34. The number of aromatic amines is 1. The van der Waals surface area contributed by atoms with Gasteiger partial charge in [-0.2, -0.15) is 0 Å². The van der Waals surface area contributed by atoms with Gasteiger partial charge in [-0.1, -0.05) is 15.9 Å². The molecule has 1 N–H and O–H groups in total. The van der Waals surface area contributed by atoms with Crippen LogP contribution >= 0.6 is 15.9 Å². The van der Waals surface area contributed by atoms with E-state index >= 15 is 0 Å². The molecular formula is C13H12BrNO. The van der Waals surface area contributed by atoms with Crippen LogP contribution in [0.1, 0.15) is 29.6 Å². The summed E-state index contributed by atoms with van der Waals surface area (Å²) in [5.41, 5.74) is 1.87. The first-order valence-corrected chi connectivity index (χ1v) is 6.33. The van der Waals surface area contributed by atoms with Gasteiger partial charge in [0.2, 0.25) is 0 Å². The molecule has 16 heavy (non-hydrogen) atoms. The fourth-order valence-corrected chi connectivity index (χ4v) is 2.38. The first-order chi connectivity index (χ1) is 7.74. The van der Waals surface area contributed by atoms with Gasteiger partial charge in [-0.25, -0.2) is 0 Å². The Kier molecular flexibility index (Phi) is 2.36. The molecule has 1 fully saturated rings. The number of hydrogen-bond donors (Lipinski definition) is 1. The number of ketones is 1. The lowest BCUT2D eigenvalue weighted by molar-refractivity contribution is 0.0977. The van der Waals surface area contributed by atoms with E-state index in [0.29, 0.717) is 12.3 Å². The van der Waals surface area contributed by atoms with E-state index in [1.807, 2.05) is 24.4 Å². The van der Waals surface area contributed by atoms with Crippen molar-refractivity contribution in [3.63, 3.8) is 0 Å². The van der Waals surface area contributed by atoms with E-state index in [0.717, 1.165) is 20.9 Å². The van der Waals surface area contributed by atoms with E-state index in [1.165, 1.54) is 12.8 Å². The van der Waals surface area contributed by atoms with E-state index in [-0.39, 0.29) is 5.78 Å². The monoisotopic (exact) mass is 277 g/mol. The molecule has 1 aliphatic carbocycles. The summed E-state index contributed by atoms with van der Waals surface area (Å²) in [6.45, 7) is 0. The van der Waals surface area contributed by atoms with Gasteiger partial charge in [0.15, 0.2) is 5.78 Å². The summed E-state index contributed by atoms with van der Waals surface area (Å²) in [7, 11) is 0. The molecular weight excluding hydrogens is 266 g/mol. The van der Waals surface area contributed by atoms with Crippen molar-refractivity contribution in [2.45, 2.75) is 19.3 Å². The fourth-order valence-electron chi connectivity index (χ4n) is 2.02. The van der Waals surface area contributed by atoms with Crippen molar-refractivity contribution in [1.82, 2.24) is 4.98 Å². The van der Waals surface area contributed by atoms with Crippen LogP contribution < -0.4 is 0 Å². The van der Waals surface area contributed by atoms with Crippen molar-refractivity contribution in [1.29, 1.82) is 0 Å². The predicted molar refractivity (Wildman–Crippen MR) is 67.7 cm³/mol. The third-order valence-electron chi connectivity index (χ3n) is 3.12. The van der Waals surface area contributed by atoms with Gasteiger partial charge in [0.1, 0.15) is 0 Å². The van der Waals surface area contributed by atoms with Crippen molar-refractivity contribution in [2.75, 3.05) is 0 Å². The van der Waals surface area contributed by atoms with Gasteiger partial charge in [-0.05, 0) is 37.0 Å². The normalized spacial score (nSPS) is 15.6. The minimum atomic E-state index is 0.270. The van der Waals surface area contributed by atoms with Crippen LogP contribution in [0.3, 0.4) is 0 Å². The average Bonchev–Trinajstić information content (AvgIpc) is 2.96. The molecule has 0 saturated heterocycles. The summed E-state index contributed by atoms with van der Waals surface area (Å²) in [5, 5.41) is 1.03. The molecule has 1 saturated carbocycles. The molecule has 1 heterocycles. The lowest BCUT2D eigenvalue weighted by Crippen LogP contribution is -1.98. The molecule has 0 spiro atoms. The highest BCUT2D eigenvalue weighted by molar-refractivity contribution is 9.10. The minimum Gasteiger partial charge on any atom is -0.360 e. The Labute approximate surface area is 102 Å². The molecule has 0 atom stereocenters. The number of fused-ring (bicyclic) bond motifs is 1. The second-order valence-electron chi connectivity index (χ2n) is 4.46. The minimum absolute atomic E-state index is 0.270.